The van der Waals surface area contributed by atoms with Crippen LogP contribution in [0.1, 0.15) is 32.1 Å². The molecule has 2 aliphatic heterocycles. The highest BCUT2D eigenvalue weighted by Crippen LogP contribution is 2.24. The van der Waals surface area contributed by atoms with Crippen LogP contribution in [0.3, 0.4) is 0 Å². The molecule has 1 aliphatic carbocycles. The number of nitrogens with zero attached hydrogens (tertiary/aromatic N) is 1. The first kappa shape index (κ1) is 11.0. The lowest BCUT2D eigenvalue weighted by Crippen LogP contribution is -2.40. The molecule has 0 bridgehead atoms. The fourth-order valence-electron chi connectivity index (χ4n) is 2.99. The minimum absolute atomic E-state index is 0.722. The molecule has 3 heteroatoms. The normalized spacial score (nSPS) is 36.8. The molecule has 0 amide bonds. The van der Waals surface area contributed by atoms with Gasteiger partial charge in [0.1, 0.15) is 0 Å². The van der Waals surface area contributed by atoms with Crippen LogP contribution in [0.4, 0.5) is 0 Å². The predicted octanol–water partition coefficient (Wildman–Crippen LogP) is 1.24. The van der Waals surface area contributed by atoms with Crippen molar-refractivity contribution in [2.45, 2.75) is 44.2 Å². The molecule has 3 nitrogen and oxygen atoms in total. The van der Waals surface area contributed by atoms with Crippen molar-refractivity contribution in [3.8, 4) is 0 Å². The van der Waals surface area contributed by atoms with Gasteiger partial charge < -0.3 is 10.1 Å². The molecule has 3 aliphatic rings. The highest BCUT2D eigenvalue weighted by molar-refractivity contribution is 4.87. The first-order valence-corrected chi connectivity index (χ1v) is 6.97. The summed E-state index contributed by atoms with van der Waals surface area (Å²) < 4.78 is 5.58. The van der Waals surface area contributed by atoms with E-state index in [1.54, 1.807) is 0 Å². The first-order chi connectivity index (χ1) is 7.92. The smallest absolute Gasteiger partial charge is 0.0621 e. The van der Waals surface area contributed by atoms with E-state index in [0.717, 1.165) is 31.2 Å². The van der Waals surface area contributed by atoms with E-state index >= 15 is 0 Å². The topological polar surface area (TPSA) is 24.5 Å². The Hall–Kier alpha value is -0.120. The molecule has 2 saturated heterocycles. The standard InChI is InChI=1S/C13H24N2O/c1-2-13(10-16-7-1)15-6-5-11(9-15)8-14-12-3-4-12/h11-14H,1-10H2. The largest absolute Gasteiger partial charge is 0.380 e. The number of hydrogen-bond acceptors (Lipinski definition) is 3. The molecule has 2 atom stereocenters. The molecule has 0 aromatic rings. The zero-order valence-electron chi connectivity index (χ0n) is 10.2. The second kappa shape index (κ2) is 5.03. The zero-order valence-corrected chi connectivity index (χ0v) is 10.2. The molecule has 16 heavy (non-hydrogen) atoms. The van der Waals surface area contributed by atoms with Crippen LogP contribution >= 0.6 is 0 Å². The Balaban J connectivity index is 1.40. The van der Waals surface area contributed by atoms with E-state index in [9.17, 15) is 0 Å². The molecule has 0 aromatic heterocycles. The maximum Gasteiger partial charge on any atom is 0.0621 e. The Labute approximate surface area is 98.5 Å². The summed E-state index contributed by atoms with van der Waals surface area (Å²) >= 11 is 0. The summed E-state index contributed by atoms with van der Waals surface area (Å²) in [6.45, 7) is 5.80. The lowest BCUT2D eigenvalue weighted by molar-refractivity contribution is 0.0255. The molecule has 92 valence electrons. The van der Waals surface area contributed by atoms with Gasteiger partial charge in [-0.1, -0.05) is 0 Å². The molecule has 0 radical (unpaired) electrons. The van der Waals surface area contributed by atoms with E-state index < -0.39 is 0 Å². The summed E-state index contributed by atoms with van der Waals surface area (Å²) in [5, 5.41) is 3.66. The van der Waals surface area contributed by atoms with Gasteiger partial charge in [-0.25, -0.2) is 0 Å². The highest BCUT2D eigenvalue weighted by atomic mass is 16.5. The third kappa shape index (κ3) is 2.76. The summed E-state index contributed by atoms with van der Waals surface area (Å²) in [6, 6.07) is 1.59. The summed E-state index contributed by atoms with van der Waals surface area (Å²) in [5.74, 6) is 0.891. The molecule has 3 rings (SSSR count). The lowest BCUT2D eigenvalue weighted by Gasteiger charge is -2.31. The SMILES string of the molecule is C1COCC(N2CCC(CNC3CC3)C2)C1. The minimum Gasteiger partial charge on any atom is -0.380 e. The van der Waals surface area contributed by atoms with Crippen LogP contribution in [0.15, 0.2) is 0 Å². The van der Waals surface area contributed by atoms with Gasteiger partial charge in [-0.2, -0.15) is 0 Å². The van der Waals surface area contributed by atoms with Gasteiger partial charge in [-0.15, -0.1) is 0 Å². The van der Waals surface area contributed by atoms with Crippen molar-refractivity contribution in [2.75, 3.05) is 32.8 Å². The van der Waals surface area contributed by atoms with Crippen LogP contribution in [0, 0.1) is 5.92 Å². The fourth-order valence-corrected chi connectivity index (χ4v) is 2.99. The molecule has 3 fully saturated rings. The van der Waals surface area contributed by atoms with Gasteiger partial charge in [0.15, 0.2) is 0 Å². The van der Waals surface area contributed by atoms with Crippen molar-refractivity contribution < 1.29 is 4.74 Å². The number of rotatable bonds is 4. The second-order valence-electron chi connectivity index (χ2n) is 5.70. The Morgan fingerprint density at radius 1 is 1.19 bits per heavy atom. The van der Waals surface area contributed by atoms with E-state index in [2.05, 4.69) is 10.2 Å². The number of likely N-dealkylation sites (tertiary alicyclic amines) is 1. The minimum atomic E-state index is 0.722. The lowest BCUT2D eigenvalue weighted by atomic mass is 10.1. The summed E-state index contributed by atoms with van der Waals surface area (Å²) in [6.07, 6.45) is 6.81. The van der Waals surface area contributed by atoms with Gasteiger partial charge in [0.25, 0.3) is 0 Å². The molecular weight excluding hydrogens is 200 g/mol. The third-order valence-electron chi connectivity index (χ3n) is 4.24. The Morgan fingerprint density at radius 2 is 2.12 bits per heavy atom. The van der Waals surface area contributed by atoms with Crippen LogP contribution in [0.5, 0.6) is 0 Å². The third-order valence-corrected chi connectivity index (χ3v) is 4.24. The van der Waals surface area contributed by atoms with Crippen LogP contribution < -0.4 is 5.32 Å². The van der Waals surface area contributed by atoms with Gasteiger partial charge >= 0.3 is 0 Å². The molecule has 0 aromatic carbocycles. The maximum absolute atomic E-state index is 5.58. The van der Waals surface area contributed by atoms with Crippen molar-refractivity contribution >= 4 is 0 Å². The van der Waals surface area contributed by atoms with Crippen molar-refractivity contribution in [3.05, 3.63) is 0 Å². The van der Waals surface area contributed by atoms with E-state index in [1.165, 1.54) is 51.7 Å². The molecule has 2 heterocycles. The number of hydrogen-bond donors (Lipinski definition) is 1. The van der Waals surface area contributed by atoms with Gasteiger partial charge in [-0.3, -0.25) is 4.90 Å². The van der Waals surface area contributed by atoms with E-state index in [0.29, 0.717) is 0 Å². The van der Waals surface area contributed by atoms with Gasteiger partial charge in [0.05, 0.1) is 6.61 Å². The second-order valence-corrected chi connectivity index (χ2v) is 5.70. The Kier molecular flexibility index (Phi) is 3.46. The van der Waals surface area contributed by atoms with Gasteiger partial charge in [0.2, 0.25) is 0 Å². The highest BCUT2D eigenvalue weighted by Gasteiger charge is 2.30. The first-order valence-electron chi connectivity index (χ1n) is 6.97. The van der Waals surface area contributed by atoms with Crippen molar-refractivity contribution in [2.24, 2.45) is 5.92 Å². The van der Waals surface area contributed by atoms with Gasteiger partial charge in [-0.05, 0) is 51.1 Å². The van der Waals surface area contributed by atoms with E-state index in [-0.39, 0.29) is 0 Å². The monoisotopic (exact) mass is 224 g/mol. The van der Waals surface area contributed by atoms with Crippen molar-refractivity contribution in [1.82, 2.24) is 10.2 Å². The number of nitrogens with one attached hydrogen (secondary N) is 1. The van der Waals surface area contributed by atoms with Crippen molar-refractivity contribution in [3.63, 3.8) is 0 Å². The molecule has 1 N–H and O–H groups in total. The van der Waals surface area contributed by atoms with E-state index in [1.807, 2.05) is 0 Å². The zero-order chi connectivity index (χ0) is 10.8. The Bertz CT molecular complexity index is 224. The van der Waals surface area contributed by atoms with Crippen LogP contribution in [-0.2, 0) is 4.74 Å². The maximum atomic E-state index is 5.58. The van der Waals surface area contributed by atoms with E-state index in [4.69, 9.17) is 4.74 Å². The molecule has 0 spiro atoms. The van der Waals surface area contributed by atoms with Crippen LogP contribution in [-0.4, -0.2) is 49.8 Å². The predicted molar refractivity (Wildman–Crippen MR) is 64.5 cm³/mol. The van der Waals surface area contributed by atoms with Crippen LogP contribution in [0.2, 0.25) is 0 Å². The Morgan fingerprint density at radius 3 is 2.88 bits per heavy atom. The fraction of sp³-hybridized carbons (Fsp3) is 1.00. The molecule has 2 unspecified atom stereocenters. The summed E-state index contributed by atoms with van der Waals surface area (Å²) in [4.78, 5) is 2.67. The van der Waals surface area contributed by atoms with Gasteiger partial charge in [0, 0.05) is 25.2 Å². The molecular formula is C13H24N2O. The number of ether oxygens (including phenoxy) is 1. The van der Waals surface area contributed by atoms with Crippen molar-refractivity contribution in [1.29, 1.82) is 0 Å². The quantitative estimate of drug-likeness (QED) is 0.777. The summed E-state index contributed by atoms with van der Waals surface area (Å²) in [7, 11) is 0. The molecule has 1 saturated carbocycles. The summed E-state index contributed by atoms with van der Waals surface area (Å²) in [5.41, 5.74) is 0. The average molecular weight is 224 g/mol. The van der Waals surface area contributed by atoms with Crippen LogP contribution in [0.25, 0.3) is 0 Å². The average Bonchev–Trinajstić information content (AvgIpc) is 3.05.